The third kappa shape index (κ3) is 1.77. The molecule has 0 aromatic carbocycles. The zero-order chi connectivity index (χ0) is 13.9. The van der Waals surface area contributed by atoms with Crippen molar-refractivity contribution >= 4 is 32.8 Å². The van der Waals surface area contributed by atoms with Crippen LogP contribution in [0.3, 0.4) is 0 Å². The smallest absolute Gasteiger partial charge is 0.291 e. The molecule has 1 spiro atoms. The maximum absolute atomic E-state index is 6.19. The van der Waals surface area contributed by atoms with Crippen molar-refractivity contribution in [1.82, 2.24) is 14.9 Å². The van der Waals surface area contributed by atoms with Gasteiger partial charge in [-0.1, -0.05) is 11.3 Å². The quantitative estimate of drug-likeness (QED) is 0.866. The molecule has 3 aliphatic heterocycles. The number of piperidine rings is 1. The van der Waals surface area contributed by atoms with Crippen molar-refractivity contribution in [3.8, 4) is 0 Å². The van der Waals surface area contributed by atoms with Gasteiger partial charge in [-0.25, -0.2) is 15.0 Å². The van der Waals surface area contributed by atoms with Gasteiger partial charge >= 0.3 is 0 Å². The number of aromatic nitrogens is 2. The van der Waals surface area contributed by atoms with Gasteiger partial charge in [0.1, 0.15) is 15.9 Å². The van der Waals surface area contributed by atoms with Crippen molar-refractivity contribution in [2.45, 2.75) is 12.0 Å². The van der Waals surface area contributed by atoms with Crippen molar-refractivity contribution in [2.24, 2.45) is 10.9 Å². The Hall–Kier alpha value is -1.73. The molecule has 2 bridgehead atoms. The number of pyridine rings is 1. The first kappa shape index (κ1) is 11.9. The number of amidine groups is 1. The van der Waals surface area contributed by atoms with Gasteiger partial charge in [0.2, 0.25) is 0 Å². The minimum Gasteiger partial charge on any atom is -0.455 e. The standard InChI is InChI=1S/C14H15N5OS/c1-2-10-11(15-4-1)21-13(17-10)18-12-16-7-14(20-12)8-19-5-3-9(14)6-19/h1-2,4,9H,3,5-8H2,(H,16,17,18)/t9-,14-/m0/s1. The first-order chi connectivity index (χ1) is 10.3. The fraction of sp³-hybridized carbons (Fsp3) is 0.500. The fourth-order valence-electron chi connectivity index (χ4n) is 3.65. The third-order valence-electron chi connectivity index (χ3n) is 4.68. The molecule has 21 heavy (non-hydrogen) atoms. The molecule has 3 aliphatic rings. The second-order valence-corrected chi connectivity index (χ2v) is 6.96. The molecule has 0 amide bonds. The summed E-state index contributed by atoms with van der Waals surface area (Å²) in [5.74, 6) is 0.623. The zero-order valence-corrected chi connectivity index (χ0v) is 12.3. The molecule has 1 unspecified atom stereocenters. The fourth-order valence-corrected chi connectivity index (χ4v) is 4.45. The number of aliphatic imine (C=N–C) groups is 1. The number of anilines is 1. The van der Waals surface area contributed by atoms with E-state index in [4.69, 9.17) is 4.74 Å². The molecule has 6 nitrogen and oxygen atoms in total. The van der Waals surface area contributed by atoms with E-state index in [0.717, 1.165) is 35.1 Å². The zero-order valence-electron chi connectivity index (χ0n) is 11.5. The third-order valence-corrected chi connectivity index (χ3v) is 5.57. The molecule has 108 valence electrons. The first-order valence-corrected chi connectivity index (χ1v) is 8.07. The summed E-state index contributed by atoms with van der Waals surface area (Å²) >= 11 is 1.53. The lowest BCUT2D eigenvalue weighted by Crippen LogP contribution is -2.46. The normalized spacial score (nSPS) is 33.6. The molecule has 5 rings (SSSR count). The van der Waals surface area contributed by atoms with Crippen LogP contribution in [0.5, 0.6) is 0 Å². The number of nitrogens with zero attached hydrogens (tertiary/aromatic N) is 4. The molecule has 2 saturated heterocycles. The Morgan fingerprint density at radius 3 is 3.29 bits per heavy atom. The van der Waals surface area contributed by atoms with Crippen LogP contribution < -0.4 is 5.32 Å². The SMILES string of the molecule is c1cnc2sc(NC3=NC[C@@]4(CN5CC[C@H]4C5)O3)nc2c1. The molecular weight excluding hydrogens is 286 g/mol. The van der Waals surface area contributed by atoms with Crippen LogP contribution in [-0.2, 0) is 4.74 Å². The molecule has 1 N–H and O–H groups in total. The van der Waals surface area contributed by atoms with E-state index in [2.05, 4.69) is 25.2 Å². The molecule has 0 radical (unpaired) electrons. The van der Waals surface area contributed by atoms with E-state index in [0.29, 0.717) is 11.9 Å². The highest BCUT2D eigenvalue weighted by atomic mass is 32.1. The molecule has 0 aliphatic carbocycles. The van der Waals surface area contributed by atoms with Gasteiger partial charge in [-0.05, 0) is 25.1 Å². The topological polar surface area (TPSA) is 62.6 Å². The predicted molar refractivity (Wildman–Crippen MR) is 81.7 cm³/mol. The van der Waals surface area contributed by atoms with Gasteiger partial charge in [0.15, 0.2) is 5.13 Å². The van der Waals surface area contributed by atoms with Gasteiger partial charge in [-0.3, -0.25) is 10.2 Å². The summed E-state index contributed by atoms with van der Waals surface area (Å²) in [6, 6.07) is 4.47. The minimum absolute atomic E-state index is 0.0878. The van der Waals surface area contributed by atoms with E-state index in [9.17, 15) is 0 Å². The lowest BCUT2D eigenvalue weighted by molar-refractivity contribution is 0.0364. The Labute approximate surface area is 125 Å². The van der Waals surface area contributed by atoms with E-state index >= 15 is 0 Å². The number of hydrogen-bond donors (Lipinski definition) is 1. The first-order valence-electron chi connectivity index (χ1n) is 7.25. The Kier molecular flexibility index (Phi) is 2.34. The average Bonchev–Trinajstić information content (AvgIpc) is 3.23. The summed E-state index contributed by atoms with van der Waals surface area (Å²) in [6.45, 7) is 4.14. The Morgan fingerprint density at radius 2 is 2.48 bits per heavy atom. The molecular formula is C14H15N5OS. The number of thiazole rings is 1. The summed E-state index contributed by atoms with van der Waals surface area (Å²) in [7, 11) is 0. The van der Waals surface area contributed by atoms with Crippen LogP contribution in [0.4, 0.5) is 5.13 Å². The van der Waals surface area contributed by atoms with E-state index in [-0.39, 0.29) is 5.60 Å². The van der Waals surface area contributed by atoms with Gasteiger partial charge in [-0.2, -0.15) is 0 Å². The maximum atomic E-state index is 6.19. The summed E-state index contributed by atoms with van der Waals surface area (Å²) in [4.78, 5) is 16.8. The molecule has 2 aromatic heterocycles. The van der Waals surface area contributed by atoms with Crippen LogP contribution in [-0.4, -0.2) is 52.7 Å². The summed E-state index contributed by atoms with van der Waals surface area (Å²) < 4.78 is 6.19. The van der Waals surface area contributed by atoms with Crippen LogP contribution in [0.15, 0.2) is 23.3 Å². The number of fused-ring (bicyclic) bond motifs is 4. The van der Waals surface area contributed by atoms with Crippen molar-refractivity contribution < 1.29 is 4.74 Å². The van der Waals surface area contributed by atoms with Crippen molar-refractivity contribution in [2.75, 3.05) is 31.5 Å². The van der Waals surface area contributed by atoms with Crippen molar-refractivity contribution in [3.63, 3.8) is 0 Å². The van der Waals surface area contributed by atoms with E-state index in [1.165, 1.54) is 24.3 Å². The van der Waals surface area contributed by atoms with Crippen LogP contribution >= 0.6 is 11.3 Å². The van der Waals surface area contributed by atoms with E-state index in [1.54, 1.807) is 6.20 Å². The maximum Gasteiger partial charge on any atom is 0.291 e. The van der Waals surface area contributed by atoms with Crippen LogP contribution in [0.1, 0.15) is 6.42 Å². The van der Waals surface area contributed by atoms with Crippen LogP contribution in [0, 0.1) is 5.92 Å². The summed E-state index contributed by atoms with van der Waals surface area (Å²) in [5.41, 5.74) is 0.819. The summed E-state index contributed by atoms with van der Waals surface area (Å²) in [6.07, 6.45) is 3.01. The van der Waals surface area contributed by atoms with Gasteiger partial charge in [-0.15, -0.1) is 0 Å². The molecule has 7 heteroatoms. The largest absolute Gasteiger partial charge is 0.455 e. The second kappa shape index (κ2) is 4.14. The predicted octanol–water partition coefficient (Wildman–Crippen LogP) is 1.56. The van der Waals surface area contributed by atoms with Gasteiger partial charge < -0.3 is 4.74 Å². The second-order valence-electron chi connectivity index (χ2n) is 5.98. The molecule has 0 saturated carbocycles. The molecule has 5 heterocycles. The number of nitrogens with one attached hydrogen (secondary N) is 1. The Morgan fingerprint density at radius 1 is 1.48 bits per heavy atom. The lowest BCUT2D eigenvalue weighted by atomic mass is 9.88. The van der Waals surface area contributed by atoms with Crippen molar-refractivity contribution in [3.05, 3.63) is 18.3 Å². The molecule has 3 atom stereocenters. The van der Waals surface area contributed by atoms with Crippen LogP contribution in [0.25, 0.3) is 10.3 Å². The highest BCUT2D eigenvalue weighted by Gasteiger charge is 2.54. The van der Waals surface area contributed by atoms with E-state index < -0.39 is 0 Å². The number of hydrogen-bond acceptors (Lipinski definition) is 7. The molecule has 2 aromatic rings. The molecule has 2 fully saturated rings. The lowest BCUT2D eigenvalue weighted by Gasteiger charge is -2.31. The van der Waals surface area contributed by atoms with Crippen molar-refractivity contribution in [1.29, 1.82) is 0 Å². The highest BCUT2D eigenvalue weighted by molar-refractivity contribution is 7.21. The monoisotopic (exact) mass is 301 g/mol. The Bertz CT molecular complexity index is 711. The highest BCUT2D eigenvalue weighted by Crippen LogP contribution is 2.41. The summed E-state index contributed by atoms with van der Waals surface area (Å²) in [5, 5.41) is 4.01. The van der Waals surface area contributed by atoms with Gasteiger partial charge in [0.05, 0.1) is 6.54 Å². The average molecular weight is 301 g/mol. The van der Waals surface area contributed by atoms with Crippen LogP contribution in [0.2, 0.25) is 0 Å². The minimum atomic E-state index is -0.0878. The van der Waals surface area contributed by atoms with Gasteiger partial charge in [0, 0.05) is 25.2 Å². The number of rotatable bonds is 1. The van der Waals surface area contributed by atoms with E-state index in [1.807, 2.05) is 12.1 Å². The van der Waals surface area contributed by atoms with Gasteiger partial charge in [0.25, 0.3) is 6.02 Å². The Balaban J connectivity index is 1.35. The number of ether oxygens (including phenoxy) is 1.